The number of rotatable bonds is 2. The maximum Gasteiger partial charge on any atom is 0.302 e. The van der Waals surface area contributed by atoms with Crippen LogP contribution in [0.15, 0.2) is 18.2 Å². The lowest BCUT2D eigenvalue weighted by Gasteiger charge is -2.08. The number of carbonyl (C=O) groups is 1. The van der Waals surface area contributed by atoms with Crippen LogP contribution in [0.25, 0.3) is 0 Å². The van der Waals surface area contributed by atoms with Gasteiger partial charge in [0.25, 0.3) is 0 Å². The van der Waals surface area contributed by atoms with Crippen LogP contribution in [0, 0.1) is 5.82 Å². The van der Waals surface area contributed by atoms with E-state index in [-0.39, 0.29) is 24.5 Å². The van der Waals surface area contributed by atoms with Gasteiger partial charge in [-0.25, -0.2) is 4.39 Å². The van der Waals surface area contributed by atoms with Gasteiger partial charge in [-0.05, 0) is 23.3 Å². The van der Waals surface area contributed by atoms with Crippen molar-refractivity contribution in [2.75, 3.05) is 6.61 Å². The molecule has 3 rings (SSSR count). The van der Waals surface area contributed by atoms with E-state index < -0.39 is 5.60 Å². The third-order valence-corrected chi connectivity index (χ3v) is 3.17. The number of fused-ring (bicyclic) bond motifs is 3. The van der Waals surface area contributed by atoms with Gasteiger partial charge in [-0.1, -0.05) is 6.07 Å². The molecule has 4 heteroatoms. The first-order valence-corrected chi connectivity index (χ1v) is 5.20. The Balaban J connectivity index is 1.81. The Morgan fingerprint density at radius 1 is 1.69 bits per heavy atom. The van der Waals surface area contributed by atoms with Crippen LogP contribution in [0.2, 0.25) is 0 Å². The molecule has 0 N–H and O–H groups in total. The summed E-state index contributed by atoms with van der Waals surface area (Å²) in [6.07, 6.45) is 0.596. The normalized spacial score (nSPS) is 29.5. The summed E-state index contributed by atoms with van der Waals surface area (Å²) >= 11 is 0. The van der Waals surface area contributed by atoms with Crippen LogP contribution in [-0.2, 0) is 20.7 Å². The second-order valence-electron chi connectivity index (χ2n) is 4.36. The van der Waals surface area contributed by atoms with Gasteiger partial charge in [0.05, 0.1) is 0 Å². The summed E-state index contributed by atoms with van der Waals surface area (Å²) in [4.78, 5) is 10.8. The van der Waals surface area contributed by atoms with E-state index in [9.17, 15) is 9.18 Å². The molecule has 0 amide bonds. The van der Waals surface area contributed by atoms with Crippen LogP contribution in [-0.4, -0.2) is 18.2 Å². The molecule has 0 bridgehead atoms. The molecular formula is C12H11FO3. The van der Waals surface area contributed by atoms with Crippen LogP contribution in [0.5, 0.6) is 0 Å². The maximum atomic E-state index is 13.1. The van der Waals surface area contributed by atoms with Gasteiger partial charge in [-0.15, -0.1) is 0 Å². The van der Waals surface area contributed by atoms with Crippen LogP contribution in [0.4, 0.5) is 4.39 Å². The van der Waals surface area contributed by atoms with Crippen LogP contribution < -0.4 is 0 Å². The predicted molar refractivity (Wildman–Crippen MR) is 53.3 cm³/mol. The number of halogens is 1. The average Bonchev–Trinajstić information content (AvgIpc) is 2.86. The van der Waals surface area contributed by atoms with Crippen LogP contribution in [0.1, 0.15) is 24.2 Å². The lowest BCUT2D eigenvalue weighted by molar-refractivity contribution is -0.142. The Hall–Kier alpha value is -1.42. The smallest absolute Gasteiger partial charge is 0.302 e. The SMILES string of the molecule is CC(=O)OC[C@]12Cc3ccc(F)cc3[C@H]1O2. The second kappa shape index (κ2) is 3.04. The zero-order valence-corrected chi connectivity index (χ0v) is 8.83. The Labute approximate surface area is 92.2 Å². The Morgan fingerprint density at radius 3 is 3.25 bits per heavy atom. The van der Waals surface area contributed by atoms with Gasteiger partial charge in [0, 0.05) is 13.3 Å². The van der Waals surface area contributed by atoms with Crippen LogP contribution in [0.3, 0.4) is 0 Å². The van der Waals surface area contributed by atoms with Crippen LogP contribution >= 0.6 is 0 Å². The van der Waals surface area contributed by atoms with E-state index in [1.54, 1.807) is 6.07 Å². The van der Waals surface area contributed by atoms with Crippen molar-refractivity contribution in [1.29, 1.82) is 0 Å². The molecule has 1 aromatic carbocycles. The van der Waals surface area contributed by atoms with E-state index in [1.807, 2.05) is 0 Å². The average molecular weight is 222 g/mol. The Kier molecular flexibility index (Phi) is 1.86. The molecule has 1 aliphatic heterocycles. The highest BCUT2D eigenvalue weighted by molar-refractivity contribution is 5.66. The fraction of sp³-hybridized carbons (Fsp3) is 0.417. The first kappa shape index (κ1) is 9.78. The third kappa shape index (κ3) is 1.33. The molecule has 1 heterocycles. The van der Waals surface area contributed by atoms with Gasteiger partial charge in [0.2, 0.25) is 0 Å². The molecule has 0 saturated carbocycles. The minimum absolute atomic E-state index is 0.0995. The number of benzene rings is 1. The highest BCUT2D eigenvalue weighted by atomic mass is 19.1. The van der Waals surface area contributed by atoms with Gasteiger partial charge in [-0.2, -0.15) is 0 Å². The van der Waals surface area contributed by atoms with Crippen molar-refractivity contribution in [2.45, 2.75) is 25.0 Å². The van der Waals surface area contributed by atoms with E-state index >= 15 is 0 Å². The van der Waals surface area contributed by atoms with Gasteiger partial charge >= 0.3 is 5.97 Å². The number of hydrogen-bond donors (Lipinski definition) is 0. The standard InChI is InChI=1S/C12H11FO3/c1-7(14)15-6-12-5-8-2-3-9(13)4-10(8)11(12)16-12/h2-4,11H,5-6H2,1H3/t11-,12-/m1/s1. The summed E-state index contributed by atoms with van der Waals surface area (Å²) in [5.41, 5.74) is 1.57. The van der Waals surface area contributed by atoms with E-state index in [0.29, 0.717) is 6.42 Å². The van der Waals surface area contributed by atoms with E-state index in [2.05, 4.69) is 0 Å². The third-order valence-electron chi connectivity index (χ3n) is 3.17. The van der Waals surface area contributed by atoms with E-state index in [4.69, 9.17) is 9.47 Å². The molecule has 84 valence electrons. The maximum absolute atomic E-state index is 13.1. The van der Waals surface area contributed by atoms with E-state index in [0.717, 1.165) is 11.1 Å². The summed E-state index contributed by atoms with van der Waals surface area (Å²) in [6, 6.07) is 4.72. The molecule has 16 heavy (non-hydrogen) atoms. The molecule has 1 saturated heterocycles. The molecule has 2 aliphatic rings. The zero-order valence-electron chi connectivity index (χ0n) is 8.83. The van der Waals surface area contributed by atoms with Crippen molar-refractivity contribution in [1.82, 2.24) is 0 Å². The van der Waals surface area contributed by atoms with Gasteiger partial charge in [-0.3, -0.25) is 4.79 Å². The molecular weight excluding hydrogens is 211 g/mol. The van der Waals surface area contributed by atoms with Crippen molar-refractivity contribution >= 4 is 5.97 Å². The first-order chi connectivity index (χ1) is 7.61. The fourth-order valence-electron chi connectivity index (χ4n) is 2.36. The number of epoxide rings is 1. The minimum atomic E-state index is -0.415. The molecule has 0 unspecified atom stereocenters. The molecule has 2 atom stereocenters. The number of esters is 1. The molecule has 1 aliphatic carbocycles. The Morgan fingerprint density at radius 2 is 2.50 bits per heavy atom. The topological polar surface area (TPSA) is 38.8 Å². The summed E-state index contributed by atoms with van der Waals surface area (Å²) in [7, 11) is 0. The molecule has 0 radical (unpaired) electrons. The molecule has 0 spiro atoms. The monoisotopic (exact) mass is 222 g/mol. The van der Waals surface area contributed by atoms with Gasteiger partial charge in [0.1, 0.15) is 24.1 Å². The Bertz CT molecular complexity index is 471. The minimum Gasteiger partial charge on any atom is -0.463 e. The van der Waals surface area contributed by atoms with Crippen molar-refractivity contribution in [3.8, 4) is 0 Å². The van der Waals surface area contributed by atoms with Gasteiger partial charge < -0.3 is 9.47 Å². The van der Waals surface area contributed by atoms with Crippen molar-refractivity contribution in [3.63, 3.8) is 0 Å². The lowest BCUT2D eigenvalue weighted by Crippen LogP contribution is -2.21. The first-order valence-electron chi connectivity index (χ1n) is 5.20. The molecule has 1 fully saturated rings. The zero-order chi connectivity index (χ0) is 11.3. The number of ether oxygens (including phenoxy) is 2. The summed E-state index contributed by atoms with van der Waals surface area (Å²) in [5.74, 6) is -0.566. The quantitative estimate of drug-likeness (QED) is 0.565. The van der Waals surface area contributed by atoms with E-state index in [1.165, 1.54) is 19.1 Å². The summed E-state index contributed by atoms with van der Waals surface area (Å²) in [5, 5.41) is 0. The van der Waals surface area contributed by atoms with Crippen molar-refractivity contribution < 1.29 is 18.7 Å². The van der Waals surface area contributed by atoms with Crippen molar-refractivity contribution in [3.05, 3.63) is 35.1 Å². The summed E-state index contributed by atoms with van der Waals surface area (Å²) < 4.78 is 23.6. The predicted octanol–water partition coefficient (Wildman–Crippen LogP) is 1.76. The fourth-order valence-corrected chi connectivity index (χ4v) is 2.36. The molecule has 3 nitrogen and oxygen atoms in total. The highest BCUT2D eigenvalue weighted by Crippen LogP contribution is 2.58. The van der Waals surface area contributed by atoms with Crippen molar-refractivity contribution in [2.24, 2.45) is 0 Å². The van der Waals surface area contributed by atoms with Gasteiger partial charge in [0.15, 0.2) is 0 Å². The number of carbonyl (C=O) groups excluding carboxylic acids is 1. The lowest BCUT2D eigenvalue weighted by atomic mass is 10.1. The molecule has 1 aromatic rings. The second-order valence-corrected chi connectivity index (χ2v) is 4.36. The summed E-state index contributed by atoms with van der Waals surface area (Å²) in [6.45, 7) is 1.62. The molecule has 0 aromatic heterocycles. The number of hydrogen-bond acceptors (Lipinski definition) is 3. The largest absolute Gasteiger partial charge is 0.463 e. The highest BCUT2D eigenvalue weighted by Gasteiger charge is 2.63.